The minimum atomic E-state index is -0.504. The topological polar surface area (TPSA) is 76.7 Å². The predicted octanol–water partition coefficient (Wildman–Crippen LogP) is 2.25. The fourth-order valence-corrected chi connectivity index (χ4v) is 2.13. The monoisotopic (exact) mass is 358 g/mol. The van der Waals surface area contributed by atoms with Crippen LogP contribution in [0.2, 0.25) is 0 Å². The van der Waals surface area contributed by atoms with Gasteiger partial charge in [-0.1, -0.05) is 12.1 Å². The first-order chi connectivity index (χ1) is 12.5. The zero-order valence-corrected chi connectivity index (χ0v) is 14.4. The molecule has 0 unspecified atom stereocenters. The zero-order valence-electron chi connectivity index (χ0n) is 14.4. The Morgan fingerprint density at radius 1 is 1.04 bits per heavy atom. The Labute approximate surface area is 150 Å². The van der Waals surface area contributed by atoms with E-state index in [1.165, 1.54) is 37.5 Å². The highest BCUT2D eigenvalue weighted by Gasteiger charge is 2.06. The van der Waals surface area contributed by atoms with Crippen LogP contribution in [0.15, 0.2) is 48.5 Å². The molecule has 0 spiro atoms. The molecule has 2 aromatic carbocycles. The number of carbonyl (C=O) groups excluding carboxylic acids is 2. The third-order valence-electron chi connectivity index (χ3n) is 3.46. The number of rotatable bonds is 6. The van der Waals surface area contributed by atoms with Gasteiger partial charge in [0.05, 0.1) is 20.6 Å². The van der Waals surface area contributed by atoms with E-state index in [1.54, 1.807) is 31.4 Å². The van der Waals surface area contributed by atoms with Crippen molar-refractivity contribution >= 4 is 17.9 Å². The van der Waals surface area contributed by atoms with Gasteiger partial charge in [0.15, 0.2) is 0 Å². The molecule has 0 fully saturated rings. The van der Waals surface area contributed by atoms with E-state index in [2.05, 4.69) is 10.9 Å². The molecular formula is C19H19FN2O4. The molecule has 0 aromatic heterocycles. The number of ether oxygens (including phenoxy) is 2. The van der Waals surface area contributed by atoms with Crippen LogP contribution in [0.1, 0.15) is 11.1 Å². The lowest BCUT2D eigenvalue weighted by Crippen LogP contribution is -2.41. The average Bonchev–Trinajstić information content (AvgIpc) is 2.66. The number of methoxy groups -OCH3 is 2. The van der Waals surface area contributed by atoms with Crippen molar-refractivity contribution in [1.29, 1.82) is 0 Å². The van der Waals surface area contributed by atoms with Gasteiger partial charge in [0, 0.05) is 17.7 Å². The lowest BCUT2D eigenvalue weighted by atomic mass is 10.1. The normalized spacial score (nSPS) is 10.4. The maximum atomic E-state index is 12.8. The van der Waals surface area contributed by atoms with Crippen LogP contribution >= 0.6 is 0 Å². The number of halogens is 1. The summed E-state index contributed by atoms with van der Waals surface area (Å²) < 4.78 is 23.2. The molecule has 0 bridgehead atoms. The molecule has 2 rings (SSSR count). The molecule has 26 heavy (non-hydrogen) atoms. The SMILES string of the molecule is COc1ccc(/C=C/C(=O)NNC(=O)Cc2ccc(F)cc2)c(OC)c1. The molecule has 0 aliphatic carbocycles. The van der Waals surface area contributed by atoms with Crippen molar-refractivity contribution in [3.8, 4) is 11.5 Å². The second kappa shape index (κ2) is 9.22. The second-order valence-electron chi connectivity index (χ2n) is 5.28. The molecule has 136 valence electrons. The first-order valence-electron chi connectivity index (χ1n) is 7.75. The van der Waals surface area contributed by atoms with Crippen molar-refractivity contribution in [3.63, 3.8) is 0 Å². The van der Waals surface area contributed by atoms with E-state index in [-0.39, 0.29) is 12.2 Å². The molecule has 2 N–H and O–H groups in total. The summed E-state index contributed by atoms with van der Waals surface area (Å²) in [6.07, 6.45) is 2.85. The van der Waals surface area contributed by atoms with Crippen LogP contribution in [0, 0.1) is 5.82 Å². The molecule has 0 aliphatic rings. The molecule has 0 heterocycles. The maximum absolute atomic E-state index is 12.8. The summed E-state index contributed by atoms with van der Waals surface area (Å²) in [6, 6.07) is 10.7. The Balaban J connectivity index is 1.87. The molecule has 0 saturated heterocycles. The number of benzene rings is 2. The molecule has 0 radical (unpaired) electrons. The summed E-state index contributed by atoms with van der Waals surface area (Å²) in [5, 5.41) is 0. The molecule has 6 nitrogen and oxygen atoms in total. The summed E-state index contributed by atoms with van der Waals surface area (Å²) in [6.45, 7) is 0. The highest BCUT2D eigenvalue weighted by Crippen LogP contribution is 2.25. The van der Waals surface area contributed by atoms with Crippen molar-refractivity contribution in [2.24, 2.45) is 0 Å². The fourth-order valence-electron chi connectivity index (χ4n) is 2.13. The molecule has 0 aliphatic heterocycles. The van der Waals surface area contributed by atoms with E-state index < -0.39 is 11.8 Å². The minimum Gasteiger partial charge on any atom is -0.497 e. The Kier molecular flexibility index (Phi) is 6.73. The van der Waals surface area contributed by atoms with E-state index in [4.69, 9.17) is 9.47 Å². The molecule has 2 amide bonds. The van der Waals surface area contributed by atoms with E-state index in [0.29, 0.717) is 22.6 Å². The van der Waals surface area contributed by atoms with E-state index in [9.17, 15) is 14.0 Å². The van der Waals surface area contributed by atoms with Gasteiger partial charge in [-0.15, -0.1) is 0 Å². The Hall–Kier alpha value is -3.35. The van der Waals surface area contributed by atoms with Gasteiger partial charge in [-0.25, -0.2) is 4.39 Å². The van der Waals surface area contributed by atoms with Gasteiger partial charge in [0.1, 0.15) is 17.3 Å². The summed E-state index contributed by atoms with van der Waals surface area (Å²) in [5.74, 6) is -0.109. The smallest absolute Gasteiger partial charge is 0.262 e. The highest BCUT2D eigenvalue weighted by molar-refractivity contribution is 5.93. The van der Waals surface area contributed by atoms with Crippen LogP contribution in [-0.2, 0) is 16.0 Å². The van der Waals surface area contributed by atoms with Crippen LogP contribution in [-0.4, -0.2) is 26.0 Å². The molecule has 0 atom stereocenters. The summed E-state index contributed by atoms with van der Waals surface area (Å²) in [5.41, 5.74) is 5.89. The Morgan fingerprint density at radius 3 is 2.42 bits per heavy atom. The Morgan fingerprint density at radius 2 is 1.77 bits per heavy atom. The molecule has 2 aromatic rings. The first-order valence-corrected chi connectivity index (χ1v) is 7.75. The van der Waals surface area contributed by atoms with Gasteiger partial charge in [0.2, 0.25) is 5.91 Å². The van der Waals surface area contributed by atoms with Gasteiger partial charge in [-0.05, 0) is 35.9 Å². The van der Waals surface area contributed by atoms with Crippen molar-refractivity contribution < 1.29 is 23.5 Å². The third-order valence-corrected chi connectivity index (χ3v) is 3.46. The number of hydrogen-bond donors (Lipinski definition) is 2. The van der Waals surface area contributed by atoms with Gasteiger partial charge in [-0.2, -0.15) is 0 Å². The lowest BCUT2D eigenvalue weighted by Gasteiger charge is -2.08. The maximum Gasteiger partial charge on any atom is 0.262 e. The fraction of sp³-hybridized carbons (Fsp3) is 0.158. The van der Waals surface area contributed by atoms with Crippen molar-refractivity contribution in [2.75, 3.05) is 14.2 Å². The zero-order chi connectivity index (χ0) is 18.9. The van der Waals surface area contributed by atoms with Crippen LogP contribution in [0.3, 0.4) is 0 Å². The highest BCUT2D eigenvalue weighted by atomic mass is 19.1. The molecular weight excluding hydrogens is 339 g/mol. The molecule has 7 heteroatoms. The molecule has 0 saturated carbocycles. The average molecular weight is 358 g/mol. The number of hydrazine groups is 1. The largest absolute Gasteiger partial charge is 0.497 e. The van der Waals surface area contributed by atoms with Crippen LogP contribution < -0.4 is 20.3 Å². The van der Waals surface area contributed by atoms with Crippen molar-refractivity contribution in [1.82, 2.24) is 10.9 Å². The van der Waals surface area contributed by atoms with Crippen molar-refractivity contribution in [3.05, 3.63) is 65.5 Å². The lowest BCUT2D eigenvalue weighted by molar-refractivity contribution is -0.126. The van der Waals surface area contributed by atoms with Crippen molar-refractivity contribution in [2.45, 2.75) is 6.42 Å². The van der Waals surface area contributed by atoms with Gasteiger partial charge >= 0.3 is 0 Å². The van der Waals surface area contributed by atoms with Crippen LogP contribution in [0.4, 0.5) is 4.39 Å². The van der Waals surface area contributed by atoms with Gasteiger partial charge in [-0.3, -0.25) is 20.4 Å². The van der Waals surface area contributed by atoms with Crippen LogP contribution in [0.25, 0.3) is 6.08 Å². The summed E-state index contributed by atoms with van der Waals surface area (Å²) in [4.78, 5) is 23.6. The van der Waals surface area contributed by atoms with Gasteiger partial charge in [0.25, 0.3) is 5.91 Å². The third kappa shape index (κ3) is 5.62. The van der Waals surface area contributed by atoms with E-state index in [1.807, 2.05) is 0 Å². The predicted molar refractivity (Wildman–Crippen MR) is 95.0 cm³/mol. The second-order valence-corrected chi connectivity index (χ2v) is 5.28. The summed E-state index contributed by atoms with van der Waals surface area (Å²) in [7, 11) is 3.06. The van der Waals surface area contributed by atoms with E-state index in [0.717, 1.165) is 0 Å². The first kappa shape index (κ1) is 19.0. The number of hydrogen-bond acceptors (Lipinski definition) is 4. The number of carbonyl (C=O) groups is 2. The standard InChI is InChI=1S/C19H19FN2O4/c1-25-16-9-5-14(17(12-16)26-2)6-10-18(23)21-22-19(24)11-13-3-7-15(20)8-4-13/h3-10,12H,11H2,1-2H3,(H,21,23)(H,22,24)/b10-6+. The van der Waals surface area contributed by atoms with Gasteiger partial charge < -0.3 is 9.47 Å². The number of nitrogens with one attached hydrogen (secondary N) is 2. The van der Waals surface area contributed by atoms with E-state index >= 15 is 0 Å². The quantitative estimate of drug-likeness (QED) is 0.613. The summed E-state index contributed by atoms with van der Waals surface area (Å²) >= 11 is 0. The Bertz CT molecular complexity index is 804. The minimum absolute atomic E-state index is 0.0244. The van der Waals surface area contributed by atoms with Crippen LogP contribution in [0.5, 0.6) is 11.5 Å². The number of amides is 2.